The Morgan fingerprint density at radius 2 is 1.75 bits per heavy atom. The minimum atomic E-state index is -0.495. The molecule has 0 aliphatic rings. The summed E-state index contributed by atoms with van der Waals surface area (Å²) in [5.41, 5.74) is 6.44. The van der Waals surface area contributed by atoms with Crippen LogP contribution in [0.4, 0.5) is 0 Å². The smallest absolute Gasteiger partial charge is 0.276 e. The fraction of sp³-hybridized carbons (Fsp3) is 0.238. The lowest BCUT2D eigenvalue weighted by Crippen LogP contribution is -2.43. The molecule has 0 fully saturated rings. The first-order valence-corrected chi connectivity index (χ1v) is 8.77. The zero-order valence-electron chi connectivity index (χ0n) is 16.2. The second kappa shape index (κ2) is 10.6. The average Bonchev–Trinajstić information content (AvgIpc) is 2.74. The van der Waals surface area contributed by atoms with E-state index in [4.69, 9.17) is 14.2 Å². The molecule has 7 heteroatoms. The first kappa shape index (κ1) is 20.8. The Kier molecular flexibility index (Phi) is 7.90. The molecular weight excluding hydrogens is 360 g/mol. The lowest BCUT2D eigenvalue weighted by Gasteiger charge is -2.10. The van der Waals surface area contributed by atoms with Crippen molar-refractivity contribution in [3.63, 3.8) is 0 Å². The SMILES string of the molecule is CCc1ccc(OCC(=O)NNC(=O)/C=C/c2cccc(OC)c2OC)cc1. The van der Waals surface area contributed by atoms with Crippen molar-refractivity contribution in [2.45, 2.75) is 13.3 Å². The molecule has 0 aliphatic carbocycles. The van der Waals surface area contributed by atoms with E-state index in [1.54, 1.807) is 36.4 Å². The van der Waals surface area contributed by atoms with Crippen LogP contribution in [0.5, 0.6) is 17.2 Å². The topological polar surface area (TPSA) is 85.9 Å². The van der Waals surface area contributed by atoms with Crippen LogP contribution in [-0.4, -0.2) is 32.6 Å². The summed E-state index contributed by atoms with van der Waals surface area (Å²) in [4.78, 5) is 23.7. The van der Waals surface area contributed by atoms with Crippen LogP contribution in [0.1, 0.15) is 18.1 Å². The lowest BCUT2D eigenvalue weighted by atomic mass is 10.1. The summed E-state index contributed by atoms with van der Waals surface area (Å²) in [5, 5.41) is 0. The first-order chi connectivity index (χ1) is 13.6. The number of hydrogen-bond acceptors (Lipinski definition) is 5. The molecule has 0 heterocycles. The zero-order valence-corrected chi connectivity index (χ0v) is 16.2. The average molecular weight is 384 g/mol. The zero-order chi connectivity index (χ0) is 20.4. The number of carbonyl (C=O) groups excluding carboxylic acids is 2. The van der Waals surface area contributed by atoms with Crippen LogP contribution < -0.4 is 25.1 Å². The summed E-state index contributed by atoms with van der Waals surface area (Å²) in [5.74, 6) is 0.692. The monoisotopic (exact) mass is 384 g/mol. The van der Waals surface area contributed by atoms with E-state index >= 15 is 0 Å². The van der Waals surface area contributed by atoms with E-state index < -0.39 is 11.8 Å². The van der Waals surface area contributed by atoms with Crippen molar-refractivity contribution in [1.29, 1.82) is 0 Å². The first-order valence-electron chi connectivity index (χ1n) is 8.77. The van der Waals surface area contributed by atoms with Gasteiger partial charge in [-0.2, -0.15) is 0 Å². The molecule has 0 saturated heterocycles. The minimum absolute atomic E-state index is 0.209. The van der Waals surface area contributed by atoms with E-state index in [0.717, 1.165) is 6.42 Å². The fourth-order valence-corrected chi connectivity index (χ4v) is 2.39. The fourth-order valence-electron chi connectivity index (χ4n) is 2.39. The van der Waals surface area contributed by atoms with E-state index in [0.29, 0.717) is 22.8 Å². The molecule has 2 aromatic rings. The highest BCUT2D eigenvalue weighted by Gasteiger charge is 2.08. The predicted octanol–water partition coefficient (Wildman–Crippen LogP) is 2.51. The van der Waals surface area contributed by atoms with E-state index in [-0.39, 0.29) is 6.61 Å². The van der Waals surface area contributed by atoms with Gasteiger partial charge in [0.1, 0.15) is 5.75 Å². The molecule has 2 N–H and O–H groups in total. The van der Waals surface area contributed by atoms with Gasteiger partial charge in [-0.25, -0.2) is 0 Å². The maximum Gasteiger partial charge on any atom is 0.276 e. The molecule has 0 spiro atoms. The van der Waals surface area contributed by atoms with Crippen molar-refractivity contribution >= 4 is 17.9 Å². The molecule has 7 nitrogen and oxygen atoms in total. The highest BCUT2D eigenvalue weighted by molar-refractivity contribution is 5.93. The van der Waals surface area contributed by atoms with Gasteiger partial charge >= 0.3 is 0 Å². The van der Waals surface area contributed by atoms with Crippen molar-refractivity contribution in [2.75, 3.05) is 20.8 Å². The molecule has 0 radical (unpaired) electrons. The predicted molar refractivity (Wildman–Crippen MR) is 106 cm³/mol. The molecule has 2 amide bonds. The number of hydrazine groups is 1. The van der Waals surface area contributed by atoms with E-state index in [1.165, 1.54) is 25.9 Å². The van der Waals surface area contributed by atoms with Gasteiger partial charge in [0.25, 0.3) is 11.8 Å². The number of para-hydroxylation sites is 1. The van der Waals surface area contributed by atoms with Gasteiger partial charge in [-0.15, -0.1) is 0 Å². The number of methoxy groups -OCH3 is 2. The summed E-state index contributed by atoms with van der Waals surface area (Å²) in [6.45, 7) is 1.85. The Morgan fingerprint density at radius 3 is 2.39 bits per heavy atom. The van der Waals surface area contributed by atoms with Crippen LogP contribution in [0.25, 0.3) is 6.08 Å². The molecule has 2 aromatic carbocycles. The van der Waals surface area contributed by atoms with Gasteiger partial charge in [0.15, 0.2) is 18.1 Å². The van der Waals surface area contributed by atoms with Crippen molar-refractivity contribution in [2.24, 2.45) is 0 Å². The third-order valence-electron chi connectivity index (χ3n) is 3.87. The van der Waals surface area contributed by atoms with Gasteiger partial charge in [0.2, 0.25) is 0 Å². The Labute approximate surface area is 164 Å². The third kappa shape index (κ3) is 6.05. The van der Waals surface area contributed by atoms with Crippen LogP contribution in [0, 0.1) is 0 Å². The second-order valence-electron chi connectivity index (χ2n) is 5.74. The van der Waals surface area contributed by atoms with Gasteiger partial charge in [0, 0.05) is 11.6 Å². The quantitative estimate of drug-likeness (QED) is 0.540. The highest BCUT2D eigenvalue weighted by atomic mass is 16.5. The molecule has 0 aliphatic heterocycles. The summed E-state index contributed by atoms with van der Waals surface area (Å²) in [6.07, 6.45) is 3.78. The number of ether oxygens (including phenoxy) is 3. The van der Waals surface area contributed by atoms with Crippen molar-refractivity contribution in [1.82, 2.24) is 10.9 Å². The number of nitrogens with one attached hydrogen (secondary N) is 2. The van der Waals surface area contributed by atoms with E-state index in [9.17, 15) is 9.59 Å². The largest absolute Gasteiger partial charge is 0.493 e. The standard InChI is InChI=1S/C21H24N2O5/c1-4-15-8-11-17(12-9-15)28-14-20(25)23-22-19(24)13-10-16-6-5-7-18(26-2)21(16)27-3/h5-13H,4,14H2,1-3H3,(H,22,24)(H,23,25)/b13-10+. The second-order valence-corrected chi connectivity index (χ2v) is 5.74. The molecule has 148 valence electrons. The van der Waals surface area contributed by atoms with Crippen molar-refractivity contribution in [3.8, 4) is 17.2 Å². The van der Waals surface area contributed by atoms with Crippen LogP contribution in [0.3, 0.4) is 0 Å². The molecule has 0 unspecified atom stereocenters. The third-order valence-corrected chi connectivity index (χ3v) is 3.87. The summed E-state index contributed by atoms with van der Waals surface area (Å²) in [6, 6.07) is 12.8. The Morgan fingerprint density at radius 1 is 1.00 bits per heavy atom. The van der Waals surface area contributed by atoms with Crippen LogP contribution >= 0.6 is 0 Å². The Balaban J connectivity index is 1.81. The van der Waals surface area contributed by atoms with E-state index in [1.807, 2.05) is 12.1 Å². The molecule has 0 atom stereocenters. The van der Waals surface area contributed by atoms with Crippen molar-refractivity contribution in [3.05, 3.63) is 59.7 Å². The van der Waals surface area contributed by atoms with E-state index in [2.05, 4.69) is 17.8 Å². The van der Waals surface area contributed by atoms with Gasteiger partial charge in [-0.3, -0.25) is 20.4 Å². The van der Waals surface area contributed by atoms with Gasteiger partial charge < -0.3 is 14.2 Å². The maximum absolute atomic E-state index is 11.9. The summed E-state index contributed by atoms with van der Waals surface area (Å²) in [7, 11) is 3.05. The van der Waals surface area contributed by atoms with Crippen LogP contribution in [0.2, 0.25) is 0 Å². The molecule has 0 saturated carbocycles. The number of carbonyl (C=O) groups is 2. The summed E-state index contributed by atoms with van der Waals surface area (Å²) < 4.78 is 15.9. The van der Waals surface area contributed by atoms with Crippen molar-refractivity contribution < 1.29 is 23.8 Å². The van der Waals surface area contributed by atoms with Gasteiger partial charge in [0.05, 0.1) is 14.2 Å². The number of aryl methyl sites for hydroxylation is 1. The molecular formula is C21H24N2O5. The number of hydrogen-bond donors (Lipinski definition) is 2. The Bertz CT molecular complexity index is 831. The maximum atomic E-state index is 11.9. The molecule has 28 heavy (non-hydrogen) atoms. The molecule has 0 aromatic heterocycles. The van der Waals surface area contributed by atoms with Gasteiger partial charge in [-0.1, -0.05) is 31.2 Å². The molecule has 2 rings (SSSR count). The normalized spacial score (nSPS) is 10.4. The minimum Gasteiger partial charge on any atom is -0.493 e. The number of amides is 2. The summed E-state index contributed by atoms with van der Waals surface area (Å²) >= 11 is 0. The lowest BCUT2D eigenvalue weighted by molar-refractivity contribution is -0.128. The van der Waals surface area contributed by atoms with Crippen LogP contribution in [0.15, 0.2) is 48.5 Å². The number of rotatable bonds is 8. The van der Waals surface area contributed by atoms with Gasteiger partial charge in [-0.05, 0) is 36.3 Å². The Hall–Kier alpha value is -3.48. The molecule has 0 bridgehead atoms. The highest BCUT2D eigenvalue weighted by Crippen LogP contribution is 2.31. The number of benzene rings is 2. The van der Waals surface area contributed by atoms with Crippen LogP contribution in [-0.2, 0) is 16.0 Å².